The summed E-state index contributed by atoms with van der Waals surface area (Å²) in [6, 6.07) is 0. The van der Waals surface area contributed by atoms with E-state index in [9.17, 15) is 37.9 Å². The Kier molecular flexibility index (Phi) is 31.6. The summed E-state index contributed by atoms with van der Waals surface area (Å²) in [7, 11) is -4.61. The van der Waals surface area contributed by atoms with Gasteiger partial charge in [0, 0.05) is 12.8 Å². The first-order chi connectivity index (χ1) is 28.0. The molecule has 4 N–H and O–H groups in total. The van der Waals surface area contributed by atoms with E-state index in [2.05, 4.69) is 80.7 Å². The van der Waals surface area contributed by atoms with Crippen LogP contribution in [0.25, 0.3) is 0 Å². The fourth-order valence-corrected chi connectivity index (χ4v) is 6.37. The van der Waals surface area contributed by atoms with Gasteiger partial charge in [0.05, 0.1) is 6.61 Å². The first-order valence-corrected chi connectivity index (χ1v) is 22.8. The maximum absolute atomic E-state index is 12.7. The van der Waals surface area contributed by atoms with Crippen molar-refractivity contribution in [3.63, 3.8) is 0 Å². The zero-order valence-electron chi connectivity index (χ0n) is 34.9. The Labute approximate surface area is 348 Å². The minimum Gasteiger partial charge on any atom is -0.462 e. The first kappa shape index (κ1) is 52.8. The van der Waals surface area contributed by atoms with Crippen LogP contribution in [0.5, 0.6) is 0 Å². The first-order valence-electron chi connectivity index (χ1n) is 21.1. The maximum atomic E-state index is 12.7. The van der Waals surface area contributed by atoms with E-state index in [1.54, 1.807) is 0 Å². The fourth-order valence-electron chi connectivity index (χ4n) is 5.68. The smallest absolute Gasteiger partial charge is 0.306 e. The monoisotopic (exact) mass is 836 g/mol. The number of unbranched alkanes of at least 4 members (excludes halogenated alkanes) is 7. The summed E-state index contributed by atoms with van der Waals surface area (Å²) in [4.78, 5) is 25.3. The molecule has 1 aliphatic heterocycles. The van der Waals surface area contributed by atoms with Crippen LogP contribution < -0.4 is 0 Å². The molecule has 0 spiro atoms. The second-order valence-corrected chi connectivity index (χ2v) is 15.8. The van der Waals surface area contributed by atoms with Gasteiger partial charge in [-0.15, -0.1) is 0 Å². The van der Waals surface area contributed by atoms with Gasteiger partial charge in [0.15, 0.2) is 12.4 Å². The maximum Gasteiger partial charge on any atom is 0.306 e. The molecule has 6 unspecified atom stereocenters. The molecule has 1 rings (SSSR count). The number of aliphatic hydroxyl groups excluding tert-OH is 3. The van der Waals surface area contributed by atoms with Gasteiger partial charge in [-0.25, -0.2) is 0 Å². The van der Waals surface area contributed by atoms with Gasteiger partial charge >= 0.3 is 11.9 Å². The largest absolute Gasteiger partial charge is 0.462 e. The molecule has 1 saturated heterocycles. The molecular weight excluding hydrogens is 765 g/mol. The van der Waals surface area contributed by atoms with Crippen LogP contribution in [0.3, 0.4) is 0 Å². The van der Waals surface area contributed by atoms with Gasteiger partial charge in [-0.3, -0.25) is 14.1 Å². The van der Waals surface area contributed by atoms with Gasteiger partial charge < -0.3 is 34.3 Å². The molecule has 13 heteroatoms. The fraction of sp³-hybridized carbons (Fsp3) is 0.644. The highest BCUT2D eigenvalue weighted by atomic mass is 32.2. The van der Waals surface area contributed by atoms with Crippen LogP contribution in [-0.4, -0.2) is 96.0 Å². The predicted molar refractivity (Wildman–Crippen MR) is 228 cm³/mol. The van der Waals surface area contributed by atoms with Crippen molar-refractivity contribution in [3.05, 3.63) is 85.1 Å². The normalized spacial score (nSPS) is 21.2. The zero-order valence-corrected chi connectivity index (χ0v) is 35.7. The Morgan fingerprint density at radius 3 is 1.69 bits per heavy atom. The third-order valence-electron chi connectivity index (χ3n) is 8.97. The topological polar surface area (TPSA) is 186 Å². The van der Waals surface area contributed by atoms with Crippen LogP contribution in [0.15, 0.2) is 85.1 Å². The number of carbonyl (C=O) groups is 2. The highest BCUT2D eigenvalue weighted by Gasteiger charge is 2.46. The summed E-state index contributed by atoms with van der Waals surface area (Å²) in [5.41, 5.74) is 0. The molecule has 12 nitrogen and oxygen atoms in total. The van der Waals surface area contributed by atoms with Crippen LogP contribution >= 0.6 is 0 Å². The van der Waals surface area contributed by atoms with Crippen molar-refractivity contribution in [1.82, 2.24) is 0 Å². The molecule has 58 heavy (non-hydrogen) atoms. The molecule has 0 aromatic carbocycles. The Morgan fingerprint density at radius 2 is 1.12 bits per heavy atom. The minimum atomic E-state index is -4.61. The van der Waals surface area contributed by atoms with E-state index in [1.807, 2.05) is 18.2 Å². The van der Waals surface area contributed by atoms with Crippen LogP contribution in [0, 0.1) is 0 Å². The highest BCUT2D eigenvalue weighted by molar-refractivity contribution is 7.85. The van der Waals surface area contributed by atoms with E-state index in [-0.39, 0.29) is 19.4 Å². The highest BCUT2D eigenvalue weighted by Crippen LogP contribution is 2.23. The van der Waals surface area contributed by atoms with Gasteiger partial charge in [0.1, 0.15) is 36.8 Å². The molecule has 0 aliphatic carbocycles. The van der Waals surface area contributed by atoms with Gasteiger partial charge in [-0.1, -0.05) is 131 Å². The minimum absolute atomic E-state index is 0.0328. The lowest BCUT2D eigenvalue weighted by Crippen LogP contribution is -2.60. The summed E-state index contributed by atoms with van der Waals surface area (Å²) in [5, 5.41) is 30.8. The Morgan fingerprint density at radius 1 is 0.603 bits per heavy atom. The summed E-state index contributed by atoms with van der Waals surface area (Å²) in [6.45, 7) is 3.50. The Balaban J connectivity index is 2.55. The van der Waals surface area contributed by atoms with Crippen molar-refractivity contribution in [2.24, 2.45) is 0 Å². The second kappa shape index (κ2) is 34.7. The zero-order chi connectivity index (χ0) is 42.7. The van der Waals surface area contributed by atoms with E-state index in [0.29, 0.717) is 19.3 Å². The summed E-state index contributed by atoms with van der Waals surface area (Å²) in [5.74, 6) is -2.12. The van der Waals surface area contributed by atoms with Gasteiger partial charge in [-0.2, -0.15) is 8.42 Å². The molecule has 0 radical (unpaired) electrons. The average molecular weight is 837 g/mol. The number of ether oxygens (including phenoxy) is 4. The number of aliphatic hydroxyl groups is 3. The van der Waals surface area contributed by atoms with E-state index in [4.69, 9.17) is 18.9 Å². The van der Waals surface area contributed by atoms with Crippen LogP contribution in [0.1, 0.15) is 129 Å². The van der Waals surface area contributed by atoms with E-state index in [1.165, 1.54) is 12.8 Å². The number of allylic oxidation sites excluding steroid dienone is 14. The molecule has 0 aromatic rings. The average Bonchev–Trinajstić information content (AvgIpc) is 3.18. The van der Waals surface area contributed by atoms with Crippen LogP contribution in [-0.2, 0) is 38.7 Å². The lowest BCUT2D eigenvalue weighted by molar-refractivity contribution is -0.297. The standard InChI is InChI=1S/C45H72O12S/c1-3-5-7-9-11-13-15-16-17-18-19-20-21-22-24-26-28-30-32-34-41(47)56-38(35-54-40(46)33-31-29-27-25-23-14-12-10-8-6-4-2)36-55-45-44(50)43(49)42(48)39(57-45)37-58(51,52)53/h5,7,10-13,16-17,19-20,22,24,28,30,38-39,42-45,48-50H,3-4,6,8-9,14-15,18,21,23,25-27,29,31-37H2,1-2H3,(H,51,52,53)/b7-5-,12-10-,13-11-,17-16-,20-19-,24-22-,30-28-. The van der Waals surface area contributed by atoms with E-state index in [0.717, 1.165) is 70.6 Å². The van der Waals surface area contributed by atoms with Crippen molar-refractivity contribution in [2.75, 3.05) is 19.0 Å². The third-order valence-corrected chi connectivity index (χ3v) is 9.72. The number of carbonyl (C=O) groups excluding carboxylic acids is 2. The molecule has 1 fully saturated rings. The number of esters is 2. The van der Waals surface area contributed by atoms with E-state index >= 15 is 0 Å². The second-order valence-electron chi connectivity index (χ2n) is 14.3. The van der Waals surface area contributed by atoms with Crippen molar-refractivity contribution in [2.45, 2.75) is 166 Å². The van der Waals surface area contributed by atoms with Gasteiger partial charge in [-0.05, 0) is 70.6 Å². The molecule has 1 aliphatic rings. The van der Waals surface area contributed by atoms with Crippen LogP contribution in [0.2, 0.25) is 0 Å². The van der Waals surface area contributed by atoms with E-state index < -0.39 is 71.2 Å². The van der Waals surface area contributed by atoms with Gasteiger partial charge in [0.2, 0.25) is 0 Å². The van der Waals surface area contributed by atoms with Crippen molar-refractivity contribution >= 4 is 22.1 Å². The number of hydrogen-bond donors (Lipinski definition) is 4. The van der Waals surface area contributed by atoms with Gasteiger partial charge in [0.25, 0.3) is 10.1 Å². The lowest BCUT2D eigenvalue weighted by Gasteiger charge is -2.40. The molecule has 0 saturated carbocycles. The van der Waals surface area contributed by atoms with Crippen molar-refractivity contribution < 1.29 is 56.8 Å². The Bertz CT molecular complexity index is 1400. The SMILES string of the molecule is CC/C=C\C/C=C\C/C=C\C/C=C\C/C=C\C/C=C\CCC(=O)OC(COC(=O)CCCCCCC/C=C\CCCC)COC1OC(CS(=O)(=O)O)C(O)C(O)C1O. The lowest BCUT2D eigenvalue weighted by atomic mass is 10.00. The Hall–Kier alpha value is -3.17. The summed E-state index contributed by atoms with van der Waals surface area (Å²) in [6.07, 6.45) is 35.1. The third kappa shape index (κ3) is 29.1. The molecule has 0 bridgehead atoms. The molecule has 6 atom stereocenters. The number of rotatable bonds is 33. The molecule has 330 valence electrons. The molecular formula is C45H72O12S. The quantitative estimate of drug-likeness (QED) is 0.0216. The van der Waals surface area contributed by atoms with Crippen molar-refractivity contribution in [3.8, 4) is 0 Å². The molecule has 0 amide bonds. The van der Waals surface area contributed by atoms with Crippen molar-refractivity contribution in [1.29, 1.82) is 0 Å². The predicted octanol–water partition coefficient (Wildman–Crippen LogP) is 8.11. The number of hydrogen-bond acceptors (Lipinski definition) is 11. The molecule has 1 heterocycles. The summed E-state index contributed by atoms with van der Waals surface area (Å²) >= 11 is 0. The molecule has 0 aromatic heterocycles. The summed E-state index contributed by atoms with van der Waals surface area (Å²) < 4.78 is 53.8. The van der Waals surface area contributed by atoms with Crippen LogP contribution in [0.4, 0.5) is 0 Å².